The molecule has 3 rings (SSSR count). The number of nitrogens with zero attached hydrogens (tertiary/aromatic N) is 2. The molecule has 0 bridgehead atoms. The van der Waals surface area contributed by atoms with Crippen molar-refractivity contribution in [2.24, 2.45) is 0 Å². The Morgan fingerprint density at radius 2 is 1.93 bits per heavy atom. The van der Waals surface area contributed by atoms with E-state index >= 15 is 0 Å². The zero-order chi connectivity index (χ0) is 19.2. The van der Waals surface area contributed by atoms with Gasteiger partial charge >= 0.3 is 0 Å². The van der Waals surface area contributed by atoms with Gasteiger partial charge in [0.1, 0.15) is 5.76 Å². The third kappa shape index (κ3) is 5.20. The Morgan fingerprint density at radius 1 is 1.15 bits per heavy atom. The fourth-order valence-electron chi connectivity index (χ4n) is 3.56. The van der Waals surface area contributed by atoms with Crippen molar-refractivity contribution in [2.45, 2.75) is 38.3 Å². The number of carbonyl (C=O) groups excluding carboxylic acids is 2. The molecule has 0 radical (unpaired) electrons. The lowest BCUT2D eigenvalue weighted by Crippen LogP contribution is -2.39. The van der Waals surface area contributed by atoms with Crippen LogP contribution in [-0.4, -0.2) is 48.3 Å². The van der Waals surface area contributed by atoms with Crippen LogP contribution in [0.3, 0.4) is 0 Å². The normalized spacial score (nSPS) is 14.5. The summed E-state index contributed by atoms with van der Waals surface area (Å²) < 4.78 is 5.47. The van der Waals surface area contributed by atoms with E-state index in [1.165, 1.54) is 17.7 Å². The Bertz CT molecular complexity index is 765. The highest BCUT2D eigenvalue weighted by Crippen LogP contribution is 2.25. The van der Waals surface area contributed by atoms with E-state index in [1.807, 2.05) is 12.1 Å². The van der Waals surface area contributed by atoms with Gasteiger partial charge in [-0.25, -0.2) is 0 Å². The second kappa shape index (κ2) is 8.86. The van der Waals surface area contributed by atoms with Crippen LogP contribution >= 0.6 is 0 Å². The van der Waals surface area contributed by atoms with Gasteiger partial charge in [0.2, 0.25) is 5.91 Å². The highest BCUT2D eigenvalue weighted by atomic mass is 16.3. The second-order valence-corrected chi connectivity index (χ2v) is 7.25. The molecule has 6 heteroatoms. The Morgan fingerprint density at radius 3 is 2.59 bits per heavy atom. The summed E-state index contributed by atoms with van der Waals surface area (Å²) in [4.78, 5) is 28.5. The summed E-state index contributed by atoms with van der Waals surface area (Å²) in [5, 5.41) is 2.93. The van der Waals surface area contributed by atoms with E-state index in [0.29, 0.717) is 30.4 Å². The molecule has 0 saturated heterocycles. The Hall–Kier alpha value is -2.60. The highest BCUT2D eigenvalue weighted by molar-refractivity contribution is 5.97. The molecular formula is C21H27N3O3. The van der Waals surface area contributed by atoms with Gasteiger partial charge in [0.25, 0.3) is 5.91 Å². The summed E-state index contributed by atoms with van der Waals surface area (Å²) in [6, 6.07) is 11.3. The number of nitrogens with one attached hydrogen (secondary N) is 1. The van der Waals surface area contributed by atoms with Crippen molar-refractivity contribution in [3.05, 3.63) is 54.0 Å². The average molecular weight is 369 g/mol. The van der Waals surface area contributed by atoms with E-state index in [9.17, 15) is 9.59 Å². The molecule has 1 saturated carbocycles. The Balaban J connectivity index is 1.65. The van der Waals surface area contributed by atoms with Crippen molar-refractivity contribution in [1.29, 1.82) is 0 Å². The van der Waals surface area contributed by atoms with E-state index in [2.05, 4.69) is 10.2 Å². The number of anilines is 1. The number of hydrogen-bond donors (Lipinski definition) is 1. The minimum absolute atomic E-state index is 0.0806. The lowest BCUT2D eigenvalue weighted by molar-refractivity contribution is -0.118. The number of rotatable bonds is 7. The van der Waals surface area contributed by atoms with Crippen molar-refractivity contribution in [3.63, 3.8) is 0 Å². The fourth-order valence-corrected chi connectivity index (χ4v) is 3.56. The van der Waals surface area contributed by atoms with Gasteiger partial charge in [-0.2, -0.15) is 0 Å². The predicted octanol–water partition coefficient (Wildman–Crippen LogP) is 3.36. The first-order valence-corrected chi connectivity index (χ1v) is 9.41. The highest BCUT2D eigenvalue weighted by Gasteiger charge is 2.25. The monoisotopic (exact) mass is 369 g/mol. The van der Waals surface area contributed by atoms with Crippen molar-refractivity contribution < 1.29 is 14.0 Å². The van der Waals surface area contributed by atoms with Crippen LogP contribution in [0.2, 0.25) is 0 Å². The molecule has 0 atom stereocenters. The molecule has 1 N–H and O–H groups in total. The summed E-state index contributed by atoms with van der Waals surface area (Å²) in [5.41, 5.74) is 1.19. The lowest BCUT2D eigenvalue weighted by Gasteiger charge is -2.27. The van der Waals surface area contributed by atoms with E-state index in [1.54, 1.807) is 44.6 Å². The summed E-state index contributed by atoms with van der Waals surface area (Å²) >= 11 is 0. The topological polar surface area (TPSA) is 65.8 Å². The van der Waals surface area contributed by atoms with Crippen LogP contribution in [-0.2, 0) is 11.3 Å². The minimum atomic E-state index is -0.0866. The van der Waals surface area contributed by atoms with Gasteiger partial charge in [-0.15, -0.1) is 0 Å². The maximum Gasteiger partial charge on any atom is 0.253 e. The van der Waals surface area contributed by atoms with Crippen LogP contribution in [0.15, 0.2) is 47.1 Å². The summed E-state index contributed by atoms with van der Waals surface area (Å²) in [6.07, 6.45) is 6.29. The zero-order valence-electron chi connectivity index (χ0n) is 16.0. The van der Waals surface area contributed by atoms with Crippen molar-refractivity contribution in [2.75, 3.05) is 26.0 Å². The number of hydrogen-bond acceptors (Lipinski definition) is 4. The molecule has 1 aromatic heterocycles. The maximum absolute atomic E-state index is 12.6. The second-order valence-electron chi connectivity index (χ2n) is 7.25. The third-order valence-corrected chi connectivity index (χ3v) is 4.93. The van der Waals surface area contributed by atoms with E-state index in [0.717, 1.165) is 18.6 Å². The lowest BCUT2D eigenvalue weighted by atomic mass is 10.1. The first kappa shape index (κ1) is 19.2. The number of carbonyl (C=O) groups is 2. The molecule has 6 nitrogen and oxygen atoms in total. The van der Waals surface area contributed by atoms with E-state index < -0.39 is 0 Å². The molecular weight excluding hydrogens is 342 g/mol. The summed E-state index contributed by atoms with van der Waals surface area (Å²) in [5.74, 6) is 0.702. The van der Waals surface area contributed by atoms with E-state index in [4.69, 9.17) is 4.42 Å². The van der Waals surface area contributed by atoms with Crippen LogP contribution in [0.4, 0.5) is 5.69 Å². The van der Waals surface area contributed by atoms with Crippen LogP contribution in [0.5, 0.6) is 0 Å². The van der Waals surface area contributed by atoms with Gasteiger partial charge in [-0.3, -0.25) is 14.5 Å². The standard InChI is InChI=1S/C21H27N3O3/c1-23(2)21(26)16-7-5-8-17(13-16)22-20(25)15-24(18-9-3-4-10-18)14-19-11-6-12-27-19/h5-8,11-13,18H,3-4,9-10,14-15H2,1-2H3,(H,22,25). The van der Waals surface area contributed by atoms with Crippen LogP contribution in [0.25, 0.3) is 0 Å². The van der Waals surface area contributed by atoms with Crippen molar-refractivity contribution in [1.82, 2.24) is 9.80 Å². The Labute approximate surface area is 160 Å². The number of benzene rings is 1. The van der Waals surface area contributed by atoms with Gasteiger partial charge < -0.3 is 14.6 Å². The molecule has 0 unspecified atom stereocenters. The van der Waals surface area contributed by atoms with E-state index in [-0.39, 0.29) is 11.8 Å². The van der Waals surface area contributed by atoms with Gasteiger partial charge in [0, 0.05) is 31.4 Å². The minimum Gasteiger partial charge on any atom is -0.468 e. The molecule has 0 spiro atoms. The van der Waals surface area contributed by atoms with Gasteiger partial charge in [-0.1, -0.05) is 18.9 Å². The van der Waals surface area contributed by atoms with Crippen LogP contribution in [0, 0.1) is 0 Å². The molecule has 1 fully saturated rings. The van der Waals surface area contributed by atoms with Gasteiger partial charge in [0.15, 0.2) is 0 Å². The van der Waals surface area contributed by atoms with Crippen molar-refractivity contribution >= 4 is 17.5 Å². The molecule has 1 aliphatic rings. The summed E-state index contributed by atoms with van der Waals surface area (Å²) in [7, 11) is 3.42. The molecule has 0 aliphatic heterocycles. The third-order valence-electron chi connectivity index (χ3n) is 4.93. The molecule has 1 heterocycles. The molecule has 1 aromatic carbocycles. The maximum atomic E-state index is 12.6. The predicted molar refractivity (Wildman–Crippen MR) is 104 cm³/mol. The van der Waals surface area contributed by atoms with Crippen LogP contribution in [0.1, 0.15) is 41.8 Å². The van der Waals surface area contributed by atoms with Crippen molar-refractivity contribution in [3.8, 4) is 0 Å². The first-order valence-electron chi connectivity index (χ1n) is 9.41. The molecule has 27 heavy (non-hydrogen) atoms. The van der Waals surface area contributed by atoms with Crippen LogP contribution < -0.4 is 5.32 Å². The molecule has 144 valence electrons. The smallest absolute Gasteiger partial charge is 0.253 e. The number of amides is 2. The quantitative estimate of drug-likeness (QED) is 0.813. The molecule has 2 amide bonds. The average Bonchev–Trinajstić information content (AvgIpc) is 3.34. The SMILES string of the molecule is CN(C)C(=O)c1cccc(NC(=O)CN(Cc2ccco2)C2CCCC2)c1. The fraction of sp³-hybridized carbons (Fsp3) is 0.429. The zero-order valence-corrected chi connectivity index (χ0v) is 16.0. The van der Waals surface area contributed by atoms with Gasteiger partial charge in [0.05, 0.1) is 19.4 Å². The molecule has 2 aromatic rings. The summed E-state index contributed by atoms with van der Waals surface area (Å²) in [6.45, 7) is 0.932. The largest absolute Gasteiger partial charge is 0.468 e. The number of furan rings is 1. The van der Waals surface area contributed by atoms with Gasteiger partial charge in [-0.05, 0) is 43.2 Å². The Kier molecular flexibility index (Phi) is 6.29. The molecule has 1 aliphatic carbocycles. The first-order chi connectivity index (χ1) is 13.0.